The van der Waals surface area contributed by atoms with Crippen LogP contribution in [0.2, 0.25) is 0 Å². The Hall–Kier alpha value is -1.39. The molecule has 0 heterocycles. The Morgan fingerprint density at radius 3 is 2.76 bits per heavy atom. The molecule has 1 amide bonds. The molecule has 94 valence electrons. The lowest BCUT2D eigenvalue weighted by Gasteiger charge is -2.10. The Morgan fingerprint density at radius 2 is 2.12 bits per heavy atom. The van der Waals surface area contributed by atoms with Crippen molar-refractivity contribution in [3.05, 3.63) is 35.4 Å². The Morgan fingerprint density at radius 1 is 1.41 bits per heavy atom. The summed E-state index contributed by atoms with van der Waals surface area (Å²) in [6.45, 7) is 6.05. The number of primary amides is 1. The highest BCUT2D eigenvalue weighted by Gasteiger charge is 2.05. The number of carbonyl (C=O) groups excluding carboxylic acids is 1. The SMILES string of the molecule is CC(C)OCCNCc1ccccc1C(N)=O. The monoisotopic (exact) mass is 236 g/mol. The van der Waals surface area contributed by atoms with Crippen LogP contribution in [0.5, 0.6) is 0 Å². The number of hydrogen-bond donors (Lipinski definition) is 2. The third-order valence-corrected chi connectivity index (χ3v) is 2.33. The number of ether oxygens (including phenoxy) is 1. The van der Waals surface area contributed by atoms with E-state index >= 15 is 0 Å². The topological polar surface area (TPSA) is 64.3 Å². The van der Waals surface area contributed by atoms with Crippen LogP contribution >= 0.6 is 0 Å². The van der Waals surface area contributed by atoms with Crippen LogP contribution in [0.3, 0.4) is 0 Å². The predicted octanol–water partition coefficient (Wildman–Crippen LogP) is 1.30. The highest BCUT2D eigenvalue weighted by atomic mass is 16.5. The Labute approximate surface area is 102 Å². The summed E-state index contributed by atoms with van der Waals surface area (Å²) in [7, 11) is 0. The van der Waals surface area contributed by atoms with Gasteiger partial charge in [-0.05, 0) is 25.5 Å². The van der Waals surface area contributed by atoms with Crippen molar-refractivity contribution in [3.8, 4) is 0 Å². The van der Waals surface area contributed by atoms with E-state index < -0.39 is 0 Å². The average Bonchev–Trinajstić information content (AvgIpc) is 2.28. The maximum absolute atomic E-state index is 11.2. The number of amides is 1. The summed E-state index contributed by atoms with van der Waals surface area (Å²) >= 11 is 0. The van der Waals surface area contributed by atoms with Crippen LogP contribution < -0.4 is 11.1 Å². The highest BCUT2D eigenvalue weighted by molar-refractivity contribution is 5.94. The fraction of sp³-hybridized carbons (Fsp3) is 0.462. The number of rotatable bonds is 7. The number of nitrogens with two attached hydrogens (primary N) is 1. The van der Waals surface area contributed by atoms with E-state index in [4.69, 9.17) is 10.5 Å². The minimum absolute atomic E-state index is 0.245. The third-order valence-electron chi connectivity index (χ3n) is 2.33. The highest BCUT2D eigenvalue weighted by Crippen LogP contribution is 2.07. The molecule has 0 aliphatic rings. The van der Waals surface area contributed by atoms with E-state index in [0.717, 1.165) is 12.1 Å². The molecule has 0 aliphatic heterocycles. The van der Waals surface area contributed by atoms with E-state index in [1.54, 1.807) is 6.07 Å². The first-order valence-corrected chi connectivity index (χ1v) is 5.81. The summed E-state index contributed by atoms with van der Waals surface area (Å²) < 4.78 is 5.40. The molecule has 0 saturated carbocycles. The van der Waals surface area contributed by atoms with Gasteiger partial charge in [0.15, 0.2) is 0 Å². The van der Waals surface area contributed by atoms with Crippen molar-refractivity contribution in [2.45, 2.75) is 26.5 Å². The van der Waals surface area contributed by atoms with Crippen molar-refractivity contribution in [2.75, 3.05) is 13.2 Å². The molecule has 1 rings (SSSR count). The molecule has 17 heavy (non-hydrogen) atoms. The first kappa shape index (κ1) is 13.7. The lowest BCUT2D eigenvalue weighted by molar-refractivity contribution is 0.0807. The molecular formula is C13H20N2O2. The van der Waals surface area contributed by atoms with Crippen molar-refractivity contribution >= 4 is 5.91 Å². The Kier molecular flexibility index (Phi) is 5.66. The molecule has 0 aliphatic carbocycles. The first-order chi connectivity index (χ1) is 8.11. The van der Waals surface area contributed by atoms with Gasteiger partial charge in [-0.25, -0.2) is 0 Å². The van der Waals surface area contributed by atoms with Gasteiger partial charge in [0.2, 0.25) is 5.91 Å². The fourth-order valence-electron chi connectivity index (χ4n) is 1.50. The molecule has 1 aromatic carbocycles. The molecule has 4 heteroatoms. The van der Waals surface area contributed by atoms with Crippen molar-refractivity contribution < 1.29 is 9.53 Å². The summed E-state index contributed by atoms with van der Waals surface area (Å²) in [5.41, 5.74) is 6.79. The van der Waals surface area contributed by atoms with Crippen LogP contribution in [0.4, 0.5) is 0 Å². The molecule has 0 aromatic heterocycles. The van der Waals surface area contributed by atoms with Crippen molar-refractivity contribution in [1.29, 1.82) is 0 Å². The van der Waals surface area contributed by atoms with E-state index in [1.807, 2.05) is 32.0 Å². The van der Waals surface area contributed by atoms with Crippen LogP contribution in [-0.2, 0) is 11.3 Å². The van der Waals surface area contributed by atoms with Gasteiger partial charge in [0.1, 0.15) is 0 Å². The Balaban J connectivity index is 2.39. The van der Waals surface area contributed by atoms with Crippen LogP contribution in [0.25, 0.3) is 0 Å². The van der Waals surface area contributed by atoms with Gasteiger partial charge in [0.05, 0.1) is 12.7 Å². The second-order valence-corrected chi connectivity index (χ2v) is 4.12. The number of benzene rings is 1. The van der Waals surface area contributed by atoms with Gasteiger partial charge in [-0.1, -0.05) is 18.2 Å². The summed E-state index contributed by atoms with van der Waals surface area (Å²) in [5, 5.41) is 3.22. The van der Waals surface area contributed by atoms with Crippen molar-refractivity contribution in [2.24, 2.45) is 5.73 Å². The van der Waals surface area contributed by atoms with Gasteiger partial charge in [-0.3, -0.25) is 4.79 Å². The molecule has 0 saturated heterocycles. The van der Waals surface area contributed by atoms with Crippen LogP contribution in [-0.4, -0.2) is 25.2 Å². The largest absolute Gasteiger partial charge is 0.377 e. The quantitative estimate of drug-likeness (QED) is 0.701. The zero-order valence-electron chi connectivity index (χ0n) is 10.4. The molecule has 1 aromatic rings. The number of carbonyl (C=O) groups is 1. The average molecular weight is 236 g/mol. The lowest BCUT2D eigenvalue weighted by Crippen LogP contribution is -2.23. The van der Waals surface area contributed by atoms with Crippen LogP contribution in [0.1, 0.15) is 29.8 Å². The molecule has 3 N–H and O–H groups in total. The fourth-order valence-corrected chi connectivity index (χ4v) is 1.50. The van der Waals surface area contributed by atoms with E-state index in [1.165, 1.54) is 0 Å². The minimum Gasteiger partial charge on any atom is -0.377 e. The zero-order valence-corrected chi connectivity index (χ0v) is 10.4. The molecule has 0 bridgehead atoms. The maximum atomic E-state index is 11.2. The molecule has 4 nitrogen and oxygen atoms in total. The molecule has 0 fully saturated rings. The van der Waals surface area contributed by atoms with Gasteiger partial charge in [0.25, 0.3) is 0 Å². The maximum Gasteiger partial charge on any atom is 0.249 e. The zero-order chi connectivity index (χ0) is 12.7. The van der Waals surface area contributed by atoms with E-state index in [9.17, 15) is 4.79 Å². The van der Waals surface area contributed by atoms with Gasteiger partial charge in [0, 0.05) is 18.7 Å². The summed E-state index contributed by atoms with van der Waals surface area (Å²) in [4.78, 5) is 11.2. The first-order valence-electron chi connectivity index (χ1n) is 5.81. The lowest BCUT2D eigenvalue weighted by atomic mass is 10.1. The third kappa shape index (κ3) is 4.97. The predicted molar refractivity (Wildman–Crippen MR) is 67.8 cm³/mol. The minimum atomic E-state index is -0.388. The van der Waals surface area contributed by atoms with Crippen LogP contribution in [0.15, 0.2) is 24.3 Å². The van der Waals surface area contributed by atoms with Gasteiger partial charge in [-0.15, -0.1) is 0 Å². The van der Waals surface area contributed by atoms with Gasteiger partial charge >= 0.3 is 0 Å². The molecule has 0 radical (unpaired) electrons. The molecule has 0 unspecified atom stereocenters. The van der Waals surface area contributed by atoms with Crippen molar-refractivity contribution in [3.63, 3.8) is 0 Å². The van der Waals surface area contributed by atoms with Gasteiger partial charge < -0.3 is 15.8 Å². The van der Waals surface area contributed by atoms with E-state index in [2.05, 4.69) is 5.32 Å². The standard InChI is InChI=1S/C13H20N2O2/c1-10(2)17-8-7-15-9-11-5-3-4-6-12(11)13(14)16/h3-6,10,15H,7-9H2,1-2H3,(H2,14,16). The van der Waals surface area contributed by atoms with Crippen molar-refractivity contribution in [1.82, 2.24) is 5.32 Å². The van der Waals surface area contributed by atoms with E-state index in [-0.39, 0.29) is 12.0 Å². The molecular weight excluding hydrogens is 216 g/mol. The molecule has 0 spiro atoms. The summed E-state index contributed by atoms with van der Waals surface area (Å²) in [6, 6.07) is 7.35. The van der Waals surface area contributed by atoms with Crippen LogP contribution in [0, 0.1) is 0 Å². The van der Waals surface area contributed by atoms with Gasteiger partial charge in [-0.2, -0.15) is 0 Å². The summed E-state index contributed by atoms with van der Waals surface area (Å²) in [6.07, 6.45) is 0.245. The number of nitrogens with one attached hydrogen (secondary N) is 1. The second kappa shape index (κ2) is 7.04. The summed E-state index contributed by atoms with van der Waals surface area (Å²) in [5.74, 6) is -0.388. The Bertz CT molecular complexity index is 364. The van der Waals surface area contributed by atoms with E-state index in [0.29, 0.717) is 18.7 Å². The normalized spacial score (nSPS) is 10.8. The number of hydrogen-bond acceptors (Lipinski definition) is 3. The second-order valence-electron chi connectivity index (χ2n) is 4.12. The molecule has 0 atom stereocenters. The smallest absolute Gasteiger partial charge is 0.249 e.